The van der Waals surface area contributed by atoms with Gasteiger partial charge in [-0.1, -0.05) is 18.5 Å². The lowest BCUT2D eigenvalue weighted by molar-refractivity contribution is 0.316. The van der Waals surface area contributed by atoms with E-state index in [9.17, 15) is 0 Å². The van der Waals surface area contributed by atoms with Crippen LogP contribution in [0, 0.1) is 0 Å². The van der Waals surface area contributed by atoms with E-state index in [0.29, 0.717) is 23.2 Å². The molecule has 0 radical (unpaired) electrons. The van der Waals surface area contributed by atoms with Crippen LogP contribution in [0.15, 0.2) is 24.7 Å². The predicted octanol–water partition coefficient (Wildman–Crippen LogP) is 2.29. The number of hydrogen-bond donors (Lipinski definition) is 1. The maximum atomic E-state index is 5.84. The Morgan fingerprint density at radius 3 is 2.94 bits per heavy atom. The van der Waals surface area contributed by atoms with Crippen molar-refractivity contribution in [2.75, 3.05) is 12.3 Å². The fourth-order valence-corrected chi connectivity index (χ4v) is 1.46. The zero-order valence-electron chi connectivity index (χ0n) is 9.43. The minimum Gasteiger partial charge on any atom is -0.492 e. The van der Waals surface area contributed by atoms with Gasteiger partial charge in [0.1, 0.15) is 10.8 Å². The van der Waals surface area contributed by atoms with E-state index in [1.54, 1.807) is 23.3 Å². The molecule has 0 atom stereocenters. The van der Waals surface area contributed by atoms with Gasteiger partial charge in [-0.3, -0.25) is 4.98 Å². The molecular formula is C11H13ClN4O. The summed E-state index contributed by atoms with van der Waals surface area (Å²) in [5.41, 5.74) is 6.34. The van der Waals surface area contributed by atoms with Gasteiger partial charge < -0.3 is 10.5 Å². The minimum absolute atomic E-state index is 0.298. The number of nitrogens with two attached hydrogens (primary N) is 1. The number of hydrogen-bond acceptors (Lipinski definition) is 4. The highest BCUT2D eigenvalue weighted by Gasteiger charge is 2.06. The van der Waals surface area contributed by atoms with Gasteiger partial charge >= 0.3 is 0 Å². The number of ether oxygens (including phenoxy) is 1. The predicted molar refractivity (Wildman–Crippen MR) is 66.6 cm³/mol. The first-order valence-corrected chi connectivity index (χ1v) is 5.67. The zero-order chi connectivity index (χ0) is 12.3. The second-order valence-corrected chi connectivity index (χ2v) is 3.94. The van der Waals surface area contributed by atoms with Crippen molar-refractivity contribution in [1.29, 1.82) is 0 Å². The van der Waals surface area contributed by atoms with Crippen molar-refractivity contribution >= 4 is 17.4 Å². The maximum Gasteiger partial charge on any atom is 0.164 e. The molecule has 0 unspecified atom stereocenters. The molecule has 2 heterocycles. The third kappa shape index (κ3) is 2.68. The molecule has 2 aromatic rings. The molecule has 0 saturated heterocycles. The summed E-state index contributed by atoms with van der Waals surface area (Å²) in [6, 6.07) is 1.84. The highest BCUT2D eigenvalue weighted by atomic mass is 35.5. The van der Waals surface area contributed by atoms with E-state index in [1.807, 2.05) is 13.0 Å². The van der Waals surface area contributed by atoms with Crippen molar-refractivity contribution in [1.82, 2.24) is 14.8 Å². The van der Waals surface area contributed by atoms with E-state index in [2.05, 4.69) is 10.1 Å². The van der Waals surface area contributed by atoms with Crippen LogP contribution < -0.4 is 10.5 Å². The summed E-state index contributed by atoms with van der Waals surface area (Å²) in [6.45, 7) is 2.71. The number of pyridine rings is 1. The summed E-state index contributed by atoms with van der Waals surface area (Å²) in [7, 11) is 0. The molecule has 0 aliphatic rings. The second-order valence-electron chi connectivity index (χ2n) is 3.53. The smallest absolute Gasteiger partial charge is 0.164 e. The molecule has 0 bridgehead atoms. The van der Waals surface area contributed by atoms with Gasteiger partial charge in [-0.15, -0.1) is 5.10 Å². The molecule has 0 amide bonds. The Labute approximate surface area is 104 Å². The van der Waals surface area contributed by atoms with Crippen LogP contribution in [0.4, 0.5) is 5.82 Å². The van der Waals surface area contributed by atoms with Gasteiger partial charge in [0, 0.05) is 6.07 Å². The molecule has 0 fully saturated rings. The van der Waals surface area contributed by atoms with Crippen molar-refractivity contribution in [2.24, 2.45) is 0 Å². The van der Waals surface area contributed by atoms with Crippen LogP contribution in [0.2, 0.25) is 5.02 Å². The summed E-state index contributed by atoms with van der Waals surface area (Å²) in [6.07, 6.45) is 5.91. The second kappa shape index (κ2) is 5.05. The minimum atomic E-state index is 0.298. The Bertz CT molecular complexity index is 492. The SMILES string of the molecule is CCCOc1cncc(-n2cc(Cl)c(N)n2)c1. The standard InChI is InChI=1S/C11H13ClN4O/c1-2-3-17-9-4-8(5-14-6-9)16-7-10(12)11(13)15-16/h4-7H,2-3H2,1H3,(H2,13,15). The van der Waals surface area contributed by atoms with E-state index < -0.39 is 0 Å². The number of halogens is 1. The normalized spacial score (nSPS) is 10.5. The van der Waals surface area contributed by atoms with Crippen molar-refractivity contribution in [3.05, 3.63) is 29.7 Å². The van der Waals surface area contributed by atoms with Crippen LogP contribution in [0.3, 0.4) is 0 Å². The molecule has 0 saturated carbocycles. The molecule has 2 aromatic heterocycles. The van der Waals surface area contributed by atoms with Crippen LogP contribution in [0.5, 0.6) is 5.75 Å². The van der Waals surface area contributed by atoms with Crippen molar-refractivity contribution in [3.8, 4) is 11.4 Å². The third-order valence-electron chi connectivity index (χ3n) is 2.13. The lowest BCUT2D eigenvalue weighted by atomic mass is 10.4. The molecular weight excluding hydrogens is 240 g/mol. The fraction of sp³-hybridized carbons (Fsp3) is 0.273. The molecule has 2 N–H and O–H groups in total. The Hall–Kier alpha value is -1.75. The van der Waals surface area contributed by atoms with Crippen LogP contribution in [0.25, 0.3) is 5.69 Å². The van der Waals surface area contributed by atoms with Gasteiger partial charge in [-0.2, -0.15) is 0 Å². The van der Waals surface area contributed by atoms with E-state index in [1.165, 1.54) is 0 Å². The first-order chi connectivity index (χ1) is 8.20. The van der Waals surface area contributed by atoms with Crippen molar-refractivity contribution in [2.45, 2.75) is 13.3 Å². The van der Waals surface area contributed by atoms with Crippen LogP contribution in [-0.2, 0) is 0 Å². The van der Waals surface area contributed by atoms with Gasteiger partial charge in [0.15, 0.2) is 5.82 Å². The molecule has 6 heteroatoms. The van der Waals surface area contributed by atoms with Crippen molar-refractivity contribution in [3.63, 3.8) is 0 Å². The van der Waals surface area contributed by atoms with Gasteiger partial charge in [0.05, 0.1) is 30.9 Å². The van der Waals surface area contributed by atoms with Gasteiger partial charge in [-0.25, -0.2) is 4.68 Å². The van der Waals surface area contributed by atoms with Crippen LogP contribution in [-0.4, -0.2) is 21.4 Å². The quantitative estimate of drug-likeness (QED) is 0.907. The average molecular weight is 253 g/mol. The first kappa shape index (κ1) is 11.7. The number of aromatic nitrogens is 3. The molecule has 0 spiro atoms. The van der Waals surface area contributed by atoms with Gasteiger partial charge in [0.25, 0.3) is 0 Å². The topological polar surface area (TPSA) is 66.0 Å². The number of rotatable bonds is 4. The fourth-order valence-electron chi connectivity index (χ4n) is 1.33. The van der Waals surface area contributed by atoms with E-state index in [0.717, 1.165) is 12.1 Å². The Balaban J connectivity index is 2.26. The van der Waals surface area contributed by atoms with E-state index >= 15 is 0 Å². The van der Waals surface area contributed by atoms with Gasteiger partial charge in [-0.05, 0) is 6.42 Å². The number of nitrogen functional groups attached to an aromatic ring is 1. The molecule has 17 heavy (non-hydrogen) atoms. The largest absolute Gasteiger partial charge is 0.492 e. The summed E-state index contributed by atoms with van der Waals surface area (Å²) >= 11 is 5.84. The molecule has 90 valence electrons. The molecule has 0 aliphatic heterocycles. The average Bonchev–Trinajstić information content (AvgIpc) is 2.68. The molecule has 0 aliphatic carbocycles. The zero-order valence-corrected chi connectivity index (χ0v) is 10.2. The molecule has 0 aromatic carbocycles. The summed E-state index contributed by atoms with van der Waals surface area (Å²) in [5.74, 6) is 1.00. The Kier molecular flexibility index (Phi) is 3.49. The molecule has 2 rings (SSSR count). The Morgan fingerprint density at radius 2 is 2.29 bits per heavy atom. The summed E-state index contributed by atoms with van der Waals surface area (Å²) in [5, 5.41) is 4.49. The first-order valence-electron chi connectivity index (χ1n) is 5.29. The van der Waals surface area contributed by atoms with Crippen LogP contribution in [0.1, 0.15) is 13.3 Å². The van der Waals surface area contributed by atoms with Crippen LogP contribution >= 0.6 is 11.6 Å². The lowest BCUT2D eigenvalue weighted by Gasteiger charge is -2.06. The van der Waals surface area contributed by atoms with E-state index in [-0.39, 0.29) is 0 Å². The number of anilines is 1. The lowest BCUT2D eigenvalue weighted by Crippen LogP contribution is -2.00. The third-order valence-corrected chi connectivity index (χ3v) is 2.42. The van der Waals surface area contributed by atoms with Crippen molar-refractivity contribution < 1.29 is 4.74 Å². The maximum absolute atomic E-state index is 5.84. The summed E-state index contributed by atoms with van der Waals surface area (Å²) < 4.78 is 7.06. The Morgan fingerprint density at radius 1 is 1.47 bits per heavy atom. The highest BCUT2D eigenvalue weighted by molar-refractivity contribution is 6.32. The highest BCUT2D eigenvalue weighted by Crippen LogP contribution is 2.20. The summed E-state index contributed by atoms with van der Waals surface area (Å²) in [4.78, 5) is 4.08. The number of nitrogens with zero attached hydrogens (tertiary/aromatic N) is 3. The van der Waals surface area contributed by atoms with E-state index in [4.69, 9.17) is 22.1 Å². The molecule has 5 nitrogen and oxygen atoms in total. The monoisotopic (exact) mass is 252 g/mol. The van der Waals surface area contributed by atoms with Gasteiger partial charge in [0.2, 0.25) is 0 Å².